The molecule has 6 heterocycles. The van der Waals surface area contributed by atoms with Crippen LogP contribution in [0.5, 0.6) is 0 Å². The Kier molecular flexibility index (Phi) is 6.59. The highest BCUT2D eigenvalue weighted by molar-refractivity contribution is 8.09. The fraction of sp³-hybridized carbons (Fsp3) is 0.500. The van der Waals surface area contributed by atoms with E-state index in [1.54, 1.807) is 16.8 Å². The molecule has 2 saturated heterocycles. The van der Waals surface area contributed by atoms with Gasteiger partial charge in [-0.25, -0.2) is 9.97 Å². The van der Waals surface area contributed by atoms with E-state index in [0.29, 0.717) is 16.9 Å². The van der Waals surface area contributed by atoms with Gasteiger partial charge in [0, 0.05) is 12.6 Å². The molecule has 0 radical (unpaired) electrons. The molecule has 0 amide bonds. The predicted molar refractivity (Wildman–Crippen MR) is 139 cm³/mol. The number of nitrogen functional groups attached to an aromatic ring is 2. The van der Waals surface area contributed by atoms with Gasteiger partial charge in [0.1, 0.15) is 30.1 Å². The number of anilines is 2. The average Bonchev–Trinajstić information content (AvgIpc) is 3.67. The number of aromatic nitrogens is 8. The number of aromatic amines is 1. The molecule has 0 saturated carbocycles. The number of hydrogen-bond donors (Lipinski definition) is 6. The average molecular weight is 581 g/mol. The Labute approximate surface area is 223 Å². The molecule has 19 heteroatoms. The van der Waals surface area contributed by atoms with Crippen molar-refractivity contribution in [3.05, 3.63) is 28.9 Å². The first-order valence-corrected chi connectivity index (χ1v) is 14.6. The minimum atomic E-state index is -3.67. The molecule has 0 bridgehead atoms. The molecule has 0 aromatic carbocycles. The summed E-state index contributed by atoms with van der Waals surface area (Å²) in [6.45, 7) is -4.23. The highest BCUT2D eigenvalue weighted by Gasteiger charge is 2.47. The van der Waals surface area contributed by atoms with E-state index in [9.17, 15) is 19.9 Å². The second kappa shape index (κ2) is 9.83. The van der Waals surface area contributed by atoms with E-state index in [0.717, 1.165) is 0 Å². The molecule has 0 aliphatic carbocycles. The maximum Gasteiger partial charge on any atom is 0.282 e. The van der Waals surface area contributed by atoms with Gasteiger partial charge in [-0.15, -0.1) is 5.10 Å². The Morgan fingerprint density at radius 3 is 2.87 bits per heavy atom. The highest BCUT2D eigenvalue weighted by Crippen LogP contribution is 2.57. The number of aliphatic hydroxyl groups excluding tert-OH is 2. The van der Waals surface area contributed by atoms with Crippen molar-refractivity contribution in [2.75, 3.05) is 24.7 Å². The van der Waals surface area contributed by atoms with E-state index in [-0.39, 0.29) is 43.2 Å². The third-order valence-electron chi connectivity index (χ3n) is 6.86. The number of ether oxygens (including phenoxy) is 2. The van der Waals surface area contributed by atoms with Crippen LogP contribution in [0, 0.1) is 0 Å². The van der Waals surface area contributed by atoms with Crippen molar-refractivity contribution in [3.8, 4) is 0 Å². The molecule has 8 N–H and O–H groups in total. The van der Waals surface area contributed by atoms with Gasteiger partial charge in [0.15, 0.2) is 23.9 Å². The van der Waals surface area contributed by atoms with Crippen molar-refractivity contribution in [3.63, 3.8) is 0 Å². The van der Waals surface area contributed by atoms with Crippen LogP contribution < -0.4 is 17.0 Å². The molecule has 7 atom stereocenters. The van der Waals surface area contributed by atoms with E-state index in [1.807, 2.05) is 0 Å². The third-order valence-corrected chi connectivity index (χ3v) is 9.81. The van der Waals surface area contributed by atoms with Gasteiger partial charge in [-0.05, 0) is 24.3 Å². The van der Waals surface area contributed by atoms with Gasteiger partial charge in [0.25, 0.3) is 5.56 Å². The number of H-pyrrole nitrogens is 1. The lowest BCUT2D eigenvalue weighted by molar-refractivity contribution is -0.0400. The van der Waals surface area contributed by atoms with Gasteiger partial charge in [0.2, 0.25) is 5.95 Å². The van der Waals surface area contributed by atoms with Crippen LogP contribution in [-0.2, 0) is 25.8 Å². The molecule has 4 aromatic rings. The zero-order valence-corrected chi connectivity index (χ0v) is 21.9. The van der Waals surface area contributed by atoms with E-state index >= 15 is 0 Å². The molecule has 2 aliphatic rings. The van der Waals surface area contributed by atoms with Gasteiger partial charge in [-0.2, -0.15) is 9.67 Å². The van der Waals surface area contributed by atoms with Crippen LogP contribution in [0.3, 0.4) is 0 Å². The second-order valence-corrected chi connectivity index (χ2v) is 12.9. The molecule has 208 valence electrons. The summed E-state index contributed by atoms with van der Waals surface area (Å²) in [6.07, 6.45) is -0.540. The first kappa shape index (κ1) is 26.1. The van der Waals surface area contributed by atoms with Crippen molar-refractivity contribution in [2.24, 2.45) is 0 Å². The zero-order valence-electron chi connectivity index (χ0n) is 20.1. The summed E-state index contributed by atoms with van der Waals surface area (Å²) in [6, 6.07) is 1.76. The summed E-state index contributed by atoms with van der Waals surface area (Å²) < 4.78 is 20.7. The molecule has 4 aromatic heterocycles. The Morgan fingerprint density at radius 1 is 1.26 bits per heavy atom. The number of nitrogens with two attached hydrogens (primary N) is 2. The largest absolute Gasteiger partial charge is 0.394 e. The first-order valence-electron chi connectivity index (χ1n) is 11.9. The monoisotopic (exact) mass is 580 g/mol. The van der Waals surface area contributed by atoms with Gasteiger partial charge in [-0.1, -0.05) is 5.21 Å². The SMILES string of the molecule is Nc1nc2c(nnn2[C@@H]2O[C@H](CO)C[C@H]2P(O)(=S)OC[C@H]2O[C@@H](n3ccc4c(N)ncnc43)C[C@@H]2O)c(=O)[nH]1. The molecule has 1 unspecified atom stereocenters. The van der Waals surface area contributed by atoms with Crippen LogP contribution in [0.4, 0.5) is 11.8 Å². The van der Waals surface area contributed by atoms with Crippen LogP contribution in [0.25, 0.3) is 22.2 Å². The smallest absolute Gasteiger partial charge is 0.282 e. The van der Waals surface area contributed by atoms with Crippen molar-refractivity contribution in [2.45, 2.75) is 49.3 Å². The van der Waals surface area contributed by atoms with Crippen LogP contribution in [-0.4, -0.2) is 91.8 Å². The maximum atomic E-state index is 12.2. The number of hydrogen-bond acceptors (Lipinski definition) is 14. The van der Waals surface area contributed by atoms with Crippen molar-refractivity contribution >= 4 is 52.3 Å². The topological polar surface area (TPSA) is 248 Å². The third kappa shape index (κ3) is 4.57. The normalized spacial score (nSPS) is 28.9. The summed E-state index contributed by atoms with van der Waals surface area (Å²) in [4.78, 5) is 38.2. The first-order chi connectivity index (χ1) is 18.7. The predicted octanol–water partition coefficient (Wildman–Crippen LogP) is -1.26. The van der Waals surface area contributed by atoms with E-state index in [1.165, 1.54) is 11.0 Å². The lowest BCUT2D eigenvalue weighted by atomic mass is 10.2. The molecular weight excluding hydrogens is 555 g/mol. The zero-order chi connectivity index (χ0) is 27.5. The molecule has 0 spiro atoms. The molecule has 2 fully saturated rings. The van der Waals surface area contributed by atoms with E-state index in [4.69, 9.17) is 37.3 Å². The fourth-order valence-electron chi connectivity index (χ4n) is 4.93. The number of rotatable bonds is 7. The van der Waals surface area contributed by atoms with Crippen molar-refractivity contribution in [1.29, 1.82) is 0 Å². The summed E-state index contributed by atoms with van der Waals surface area (Å²) in [7, 11) is 0. The van der Waals surface area contributed by atoms with Crippen LogP contribution >= 0.6 is 6.49 Å². The van der Waals surface area contributed by atoms with Crippen LogP contribution in [0.2, 0.25) is 0 Å². The van der Waals surface area contributed by atoms with Crippen molar-refractivity contribution in [1.82, 2.24) is 39.5 Å². The maximum absolute atomic E-state index is 12.2. The molecule has 39 heavy (non-hydrogen) atoms. The highest BCUT2D eigenvalue weighted by atomic mass is 32.5. The Morgan fingerprint density at radius 2 is 2.08 bits per heavy atom. The summed E-state index contributed by atoms with van der Waals surface area (Å²) >= 11 is 5.52. The van der Waals surface area contributed by atoms with E-state index in [2.05, 4.69) is 30.2 Å². The van der Waals surface area contributed by atoms with Gasteiger partial charge < -0.3 is 45.1 Å². The fourth-order valence-corrected chi connectivity index (χ4v) is 7.25. The van der Waals surface area contributed by atoms with Crippen LogP contribution in [0.1, 0.15) is 25.3 Å². The Hall–Kier alpha value is -3.09. The van der Waals surface area contributed by atoms with Gasteiger partial charge in [-0.3, -0.25) is 9.78 Å². The standard InChI is InChI=1S/C20H25N10O7PS/c21-15-9-1-2-29(16(9)24-7-23-15)13-4-10(32)11(37-13)6-35-38(34,39)12-3-8(5-31)36-19(12)30-17-14(27-28-30)18(33)26-20(22)25-17/h1-2,7-8,10-13,19,31-32H,3-6H2,(H,34,39)(H2,21,23,24)(H3,22,25,26,33)/t8-,10-,11+,12+,13+,19+,38?/m0/s1. The Balaban J connectivity index is 1.20. The lowest BCUT2D eigenvalue weighted by Gasteiger charge is -2.27. The molecule has 2 aliphatic heterocycles. The second-order valence-electron chi connectivity index (χ2n) is 9.30. The number of nitrogens with one attached hydrogen (secondary N) is 1. The quantitative estimate of drug-likeness (QED) is 0.140. The minimum absolute atomic E-state index is 0.0284. The number of nitrogens with zero attached hydrogens (tertiary/aromatic N) is 7. The summed E-state index contributed by atoms with van der Waals surface area (Å²) in [5.74, 6) is 0.172. The number of aliphatic hydroxyl groups is 2. The van der Waals surface area contributed by atoms with Gasteiger partial charge in [0.05, 0.1) is 36.5 Å². The molecule has 6 rings (SSSR count). The van der Waals surface area contributed by atoms with Gasteiger partial charge >= 0.3 is 0 Å². The van der Waals surface area contributed by atoms with Crippen LogP contribution in [0.15, 0.2) is 23.4 Å². The molecular formula is C20H25N10O7PS. The van der Waals surface area contributed by atoms with Crippen molar-refractivity contribution < 1.29 is 29.1 Å². The minimum Gasteiger partial charge on any atom is -0.394 e. The Bertz CT molecular complexity index is 1640. The number of fused-ring (bicyclic) bond motifs is 2. The van der Waals surface area contributed by atoms with E-state index < -0.39 is 48.5 Å². The lowest BCUT2D eigenvalue weighted by Crippen LogP contribution is -2.28. The summed E-state index contributed by atoms with van der Waals surface area (Å²) in [5, 5.41) is 28.9. The molecule has 17 nitrogen and oxygen atoms in total. The summed E-state index contributed by atoms with van der Waals surface area (Å²) in [5.41, 5.74) is 10.7.